The molecule has 2 aliphatic rings. The zero-order valence-electron chi connectivity index (χ0n) is 17.6. The van der Waals surface area contributed by atoms with Crippen LogP contribution in [0.15, 0.2) is 5.10 Å². The third-order valence-electron chi connectivity index (χ3n) is 5.51. The molecule has 1 saturated carbocycles. The molecular formula is C20H33N5O5. The summed E-state index contributed by atoms with van der Waals surface area (Å²) >= 11 is 0. The molecule has 0 aromatic carbocycles. The first-order chi connectivity index (χ1) is 14.3. The second kappa shape index (κ2) is 12.3. The van der Waals surface area contributed by atoms with Crippen molar-refractivity contribution < 1.29 is 23.9 Å². The number of morpholine rings is 1. The van der Waals surface area contributed by atoms with E-state index in [-0.39, 0.29) is 30.4 Å². The van der Waals surface area contributed by atoms with Gasteiger partial charge in [0, 0.05) is 38.1 Å². The summed E-state index contributed by atoms with van der Waals surface area (Å²) in [7, 11) is 0. The molecule has 4 amide bonds. The van der Waals surface area contributed by atoms with Crippen LogP contribution in [0.25, 0.3) is 0 Å². The molecule has 10 heteroatoms. The van der Waals surface area contributed by atoms with Crippen LogP contribution >= 0.6 is 0 Å². The van der Waals surface area contributed by atoms with Crippen molar-refractivity contribution in [3.8, 4) is 0 Å². The van der Waals surface area contributed by atoms with Gasteiger partial charge in [-0.1, -0.05) is 25.7 Å². The van der Waals surface area contributed by atoms with E-state index in [1.54, 1.807) is 4.90 Å². The average molecular weight is 424 g/mol. The lowest BCUT2D eigenvalue weighted by Crippen LogP contribution is -2.45. The minimum absolute atomic E-state index is 0.0310. The molecule has 0 radical (unpaired) electrons. The third kappa shape index (κ3) is 8.48. The average Bonchev–Trinajstić information content (AvgIpc) is 3.20. The van der Waals surface area contributed by atoms with Crippen LogP contribution in [-0.4, -0.2) is 67.1 Å². The fraction of sp³-hybridized carbons (Fsp3) is 0.750. The number of hydrazone groups is 1. The SMILES string of the molecule is CC(=O)C[C@@H](/C=N/NC(N)=O)NC(=O)[C@@H](CC(=O)N1CCOCC1)CC1CCCC1. The minimum Gasteiger partial charge on any atom is -0.378 e. The summed E-state index contributed by atoms with van der Waals surface area (Å²) in [6, 6.07) is -1.53. The van der Waals surface area contributed by atoms with Crippen LogP contribution < -0.4 is 16.5 Å². The summed E-state index contributed by atoms with van der Waals surface area (Å²) in [5.41, 5.74) is 7.04. The molecule has 1 aliphatic carbocycles. The van der Waals surface area contributed by atoms with Gasteiger partial charge in [0.25, 0.3) is 0 Å². The van der Waals surface area contributed by atoms with Crippen LogP contribution in [0.2, 0.25) is 0 Å². The zero-order valence-corrected chi connectivity index (χ0v) is 17.6. The van der Waals surface area contributed by atoms with Gasteiger partial charge in [-0.25, -0.2) is 10.2 Å². The number of nitrogens with two attached hydrogens (primary N) is 1. The Bertz CT molecular complexity index is 641. The molecule has 4 N–H and O–H groups in total. The van der Waals surface area contributed by atoms with Gasteiger partial charge in [0.2, 0.25) is 11.8 Å². The highest BCUT2D eigenvalue weighted by molar-refractivity contribution is 5.89. The smallest absolute Gasteiger partial charge is 0.332 e. The number of carbonyl (C=O) groups is 4. The first-order valence-electron chi connectivity index (χ1n) is 10.6. The number of nitrogens with one attached hydrogen (secondary N) is 2. The molecule has 0 aromatic rings. The molecule has 0 spiro atoms. The van der Waals surface area contributed by atoms with Gasteiger partial charge in [0.15, 0.2) is 0 Å². The Morgan fingerprint density at radius 1 is 1.17 bits per heavy atom. The Labute approximate surface area is 176 Å². The summed E-state index contributed by atoms with van der Waals surface area (Å²) < 4.78 is 5.30. The Kier molecular flexibility index (Phi) is 9.72. The number of rotatable bonds is 10. The predicted octanol–water partition coefficient (Wildman–Crippen LogP) is 0.550. The topological polar surface area (TPSA) is 143 Å². The van der Waals surface area contributed by atoms with Crippen molar-refractivity contribution in [3.63, 3.8) is 0 Å². The quantitative estimate of drug-likeness (QED) is 0.347. The van der Waals surface area contributed by atoms with Gasteiger partial charge >= 0.3 is 6.03 Å². The summed E-state index contributed by atoms with van der Waals surface area (Å²) in [5.74, 6) is -0.517. The maximum absolute atomic E-state index is 13.0. The number of urea groups is 1. The second-order valence-corrected chi connectivity index (χ2v) is 8.06. The van der Waals surface area contributed by atoms with E-state index >= 15 is 0 Å². The maximum Gasteiger partial charge on any atom is 0.332 e. The third-order valence-corrected chi connectivity index (χ3v) is 5.51. The molecule has 2 atom stereocenters. The zero-order chi connectivity index (χ0) is 21.9. The van der Waals surface area contributed by atoms with Crippen molar-refractivity contribution >= 4 is 29.8 Å². The van der Waals surface area contributed by atoms with Crippen molar-refractivity contribution in [2.24, 2.45) is 22.7 Å². The molecule has 2 rings (SSSR count). The van der Waals surface area contributed by atoms with Gasteiger partial charge < -0.3 is 20.7 Å². The Morgan fingerprint density at radius 2 is 1.83 bits per heavy atom. The van der Waals surface area contributed by atoms with Crippen molar-refractivity contribution in [2.75, 3.05) is 26.3 Å². The molecular weight excluding hydrogens is 390 g/mol. The van der Waals surface area contributed by atoms with Gasteiger partial charge in [-0.05, 0) is 19.3 Å². The standard InChI is InChI=1S/C20H33N5O5/c1-14(26)10-17(13-22-24-20(21)29)23-19(28)16(11-15-4-2-3-5-15)12-18(27)25-6-8-30-9-7-25/h13,15-17H,2-12H2,1H3,(H,23,28)(H3,21,24,29)/b22-13+/t16-,17+/m1/s1. The van der Waals surface area contributed by atoms with Crippen LogP contribution in [0.3, 0.4) is 0 Å². The van der Waals surface area contributed by atoms with Crippen molar-refractivity contribution in [1.82, 2.24) is 15.6 Å². The molecule has 2 fully saturated rings. The number of primary amides is 1. The van der Waals surface area contributed by atoms with E-state index in [0.717, 1.165) is 25.7 Å². The molecule has 0 unspecified atom stereocenters. The van der Waals surface area contributed by atoms with Crippen LogP contribution in [-0.2, 0) is 19.1 Å². The van der Waals surface area contributed by atoms with Gasteiger partial charge in [0.05, 0.1) is 19.3 Å². The maximum atomic E-state index is 13.0. The number of hydrogen-bond donors (Lipinski definition) is 3. The summed E-state index contributed by atoms with van der Waals surface area (Å²) in [6.45, 7) is 3.50. The Morgan fingerprint density at radius 3 is 2.43 bits per heavy atom. The van der Waals surface area contributed by atoms with E-state index in [0.29, 0.717) is 38.6 Å². The lowest BCUT2D eigenvalue weighted by atomic mass is 9.89. The number of carbonyl (C=O) groups excluding carboxylic acids is 4. The lowest BCUT2D eigenvalue weighted by Gasteiger charge is -2.29. The van der Waals surface area contributed by atoms with E-state index < -0.39 is 18.0 Å². The Hall–Kier alpha value is -2.49. The largest absolute Gasteiger partial charge is 0.378 e. The normalized spacial score (nSPS) is 19.4. The van der Waals surface area contributed by atoms with E-state index in [4.69, 9.17) is 10.5 Å². The van der Waals surface area contributed by atoms with Crippen LogP contribution in [0.4, 0.5) is 4.79 Å². The van der Waals surface area contributed by atoms with Crippen molar-refractivity contribution in [1.29, 1.82) is 0 Å². The lowest BCUT2D eigenvalue weighted by molar-refractivity contribution is -0.140. The van der Waals surface area contributed by atoms with Gasteiger partial charge in [-0.2, -0.15) is 5.10 Å². The summed E-state index contributed by atoms with van der Waals surface area (Å²) in [5, 5.41) is 6.48. The van der Waals surface area contributed by atoms with E-state index in [1.165, 1.54) is 13.1 Å². The first-order valence-corrected chi connectivity index (χ1v) is 10.6. The number of nitrogens with zero attached hydrogens (tertiary/aromatic N) is 2. The molecule has 0 bridgehead atoms. The monoisotopic (exact) mass is 423 g/mol. The fourth-order valence-electron chi connectivity index (χ4n) is 4.03. The van der Waals surface area contributed by atoms with Crippen LogP contribution in [0.1, 0.15) is 51.9 Å². The predicted molar refractivity (Wildman–Crippen MR) is 111 cm³/mol. The van der Waals surface area contributed by atoms with Crippen LogP contribution in [0, 0.1) is 11.8 Å². The van der Waals surface area contributed by atoms with Gasteiger partial charge in [0.1, 0.15) is 5.78 Å². The number of hydrogen-bond acceptors (Lipinski definition) is 6. The van der Waals surface area contributed by atoms with E-state index in [1.807, 2.05) is 0 Å². The number of amides is 4. The Balaban J connectivity index is 2.04. The highest BCUT2D eigenvalue weighted by Crippen LogP contribution is 2.31. The summed E-state index contributed by atoms with van der Waals surface area (Å²) in [6.07, 6.45) is 6.51. The van der Waals surface area contributed by atoms with Gasteiger partial charge in [-0.3, -0.25) is 14.4 Å². The molecule has 1 aliphatic heterocycles. The molecule has 1 heterocycles. The minimum atomic E-state index is -0.839. The molecule has 10 nitrogen and oxygen atoms in total. The van der Waals surface area contributed by atoms with E-state index in [9.17, 15) is 19.2 Å². The van der Waals surface area contributed by atoms with E-state index in [2.05, 4.69) is 15.8 Å². The second-order valence-electron chi connectivity index (χ2n) is 8.06. The van der Waals surface area contributed by atoms with Gasteiger partial charge in [-0.15, -0.1) is 0 Å². The molecule has 0 aromatic heterocycles. The highest BCUT2D eigenvalue weighted by atomic mass is 16.5. The van der Waals surface area contributed by atoms with Crippen molar-refractivity contribution in [3.05, 3.63) is 0 Å². The fourth-order valence-corrected chi connectivity index (χ4v) is 4.03. The molecule has 30 heavy (non-hydrogen) atoms. The molecule has 168 valence electrons. The first kappa shape index (κ1) is 23.8. The van der Waals surface area contributed by atoms with Crippen LogP contribution in [0.5, 0.6) is 0 Å². The molecule has 1 saturated heterocycles. The van der Waals surface area contributed by atoms with Crippen molar-refractivity contribution in [2.45, 2.75) is 57.9 Å². The number of ether oxygens (including phenoxy) is 1. The number of ketones is 1. The number of Topliss-reactive ketones (excluding diaryl/α,β-unsaturated/α-hetero) is 1. The summed E-state index contributed by atoms with van der Waals surface area (Å²) in [4.78, 5) is 49.9. The highest BCUT2D eigenvalue weighted by Gasteiger charge is 2.30.